The molecule has 3 aromatic heterocycles. The summed E-state index contributed by atoms with van der Waals surface area (Å²) in [5.41, 5.74) is 1.33. The van der Waals surface area contributed by atoms with Crippen molar-refractivity contribution >= 4 is 69.9 Å². The quantitative estimate of drug-likeness (QED) is 0.254. The molecule has 9 nitrogen and oxygen atoms in total. The molecule has 11 heteroatoms. The molecule has 41 heavy (non-hydrogen) atoms. The van der Waals surface area contributed by atoms with Crippen molar-refractivity contribution in [3.8, 4) is 11.6 Å². The van der Waals surface area contributed by atoms with E-state index in [-0.39, 0.29) is 27.8 Å². The molecule has 1 aromatic carbocycles. The number of aromatic nitrogens is 2. The Labute approximate surface area is 248 Å². The molecular formula is C30H30N5O4SSn+. The molecule has 208 valence electrons. The Morgan fingerprint density at radius 1 is 1.07 bits per heavy atom. The van der Waals surface area contributed by atoms with Gasteiger partial charge in [0.05, 0.1) is 0 Å². The molecule has 0 spiro atoms. The number of para-hydroxylation sites is 1. The van der Waals surface area contributed by atoms with Gasteiger partial charge in [-0.1, -0.05) is 6.92 Å². The molecule has 1 fully saturated rings. The number of nitrogens with one attached hydrogen (secondary N) is 3. The van der Waals surface area contributed by atoms with Crippen molar-refractivity contribution in [3.05, 3.63) is 65.3 Å². The van der Waals surface area contributed by atoms with E-state index in [1.807, 2.05) is 62.4 Å². The van der Waals surface area contributed by atoms with E-state index in [0.29, 0.717) is 35.0 Å². The van der Waals surface area contributed by atoms with E-state index in [4.69, 9.17) is 4.74 Å². The molecule has 2 aliphatic rings. The van der Waals surface area contributed by atoms with Crippen molar-refractivity contribution in [2.45, 2.75) is 58.0 Å². The van der Waals surface area contributed by atoms with Crippen LogP contribution in [-0.2, 0) is 4.79 Å². The molecule has 1 aliphatic heterocycles. The van der Waals surface area contributed by atoms with Crippen LogP contribution in [0.25, 0.3) is 10.2 Å². The zero-order valence-electron chi connectivity index (χ0n) is 22.8. The molecule has 1 aliphatic carbocycles. The van der Waals surface area contributed by atoms with Crippen LogP contribution in [-0.4, -0.2) is 57.5 Å². The molecule has 4 aromatic rings. The number of nitrogens with zero attached hydrogens (tertiary/aromatic N) is 2. The van der Waals surface area contributed by atoms with E-state index in [1.54, 1.807) is 6.20 Å². The first-order valence-electron chi connectivity index (χ1n) is 13.8. The summed E-state index contributed by atoms with van der Waals surface area (Å²) in [5, 5.41) is 10.2. The first kappa shape index (κ1) is 27.6. The molecule has 0 bridgehead atoms. The van der Waals surface area contributed by atoms with Gasteiger partial charge in [0.25, 0.3) is 0 Å². The predicted molar refractivity (Wildman–Crippen MR) is 161 cm³/mol. The molecule has 1 saturated carbocycles. The van der Waals surface area contributed by atoms with Gasteiger partial charge in [0.2, 0.25) is 0 Å². The normalized spacial score (nSPS) is 18.1. The number of thiophene rings is 1. The van der Waals surface area contributed by atoms with Crippen LogP contribution >= 0.6 is 11.3 Å². The molecular weight excluding hydrogens is 645 g/mol. The van der Waals surface area contributed by atoms with Crippen molar-refractivity contribution in [1.29, 1.82) is 0 Å². The van der Waals surface area contributed by atoms with Gasteiger partial charge in [-0.25, -0.2) is 0 Å². The minimum absolute atomic E-state index is 0.0264. The van der Waals surface area contributed by atoms with Gasteiger partial charge in [-0.2, -0.15) is 0 Å². The first-order chi connectivity index (χ1) is 19.9. The van der Waals surface area contributed by atoms with Crippen molar-refractivity contribution in [1.82, 2.24) is 20.6 Å². The van der Waals surface area contributed by atoms with E-state index < -0.39 is 19.8 Å². The van der Waals surface area contributed by atoms with Gasteiger partial charge < -0.3 is 0 Å². The molecule has 4 heterocycles. The van der Waals surface area contributed by atoms with E-state index in [1.165, 1.54) is 11.3 Å². The second-order valence-electron chi connectivity index (χ2n) is 10.3. The fourth-order valence-electron chi connectivity index (χ4n) is 5.58. The predicted octanol–water partition coefficient (Wildman–Crippen LogP) is 4.10. The van der Waals surface area contributed by atoms with Gasteiger partial charge in [0.15, 0.2) is 0 Å². The monoisotopic (exact) mass is 676 g/mol. The van der Waals surface area contributed by atoms with E-state index in [2.05, 4.69) is 25.9 Å². The number of carbonyl (C=O) groups excluding carboxylic acids is 3. The van der Waals surface area contributed by atoms with Gasteiger partial charge in [-0.05, 0) is 0 Å². The molecule has 0 unspecified atom stereocenters. The minimum atomic E-state index is -3.14. The van der Waals surface area contributed by atoms with Gasteiger partial charge >= 0.3 is 243 Å². The van der Waals surface area contributed by atoms with Crippen LogP contribution in [0.15, 0.2) is 54.7 Å². The number of hydrogen-bond acceptors (Lipinski definition) is 7. The molecule has 3 N–H and O–H groups in total. The first-order valence-corrected chi connectivity index (χ1v) is 18.9. The number of rotatable bonds is 7. The fourth-order valence-corrected chi connectivity index (χ4v) is 13.8. The van der Waals surface area contributed by atoms with Crippen LogP contribution in [0.1, 0.15) is 54.4 Å². The maximum absolute atomic E-state index is 13.7. The average Bonchev–Trinajstić information content (AvgIpc) is 3.34. The zero-order chi connectivity index (χ0) is 28.5. The standard InChI is InChI=1S/C18H20N4O3S.C12H10NO.Sn/c1-2-14(24)21-11-5-3-6-12(9-11)22-17(25)16-15(20-10-23)13-7-4-8-19-18(13)26-16;1-10-6-5-9-12(13-10)14-11-7-3-2-4-8-11;/h4,8,11-12H,2-3,5-6,9H2,1H3,(H,20,23)(H,21,24)(H,22,25);2-5,7-9H,1H3;/q;;+1/t11-,12+;;/m1../s1. The third kappa shape index (κ3) is 5.67. The number of pyridine rings is 2. The molecule has 0 radical (unpaired) electrons. The Morgan fingerprint density at radius 2 is 1.85 bits per heavy atom. The molecule has 3 amide bonds. The Morgan fingerprint density at radius 3 is 2.61 bits per heavy atom. The SMILES string of the molecule is CCC(=O)N[C@@H]1CCC[C@H](NC(=O)c2sc3ncc[c]4c3c2N[C](=O)[Sn+]4[c]2ccc(Oc3ccccc3)nc2C)C1. The summed E-state index contributed by atoms with van der Waals surface area (Å²) in [6.45, 7) is 3.75. The number of amides is 3. The zero-order valence-corrected chi connectivity index (χ0v) is 26.5. The Balaban J connectivity index is 1.26. The van der Waals surface area contributed by atoms with Crippen LogP contribution in [0.3, 0.4) is 0 Å². The second-order valence-corrected chi connectivity index (χ2v) is 17.8. The number of benzene rings is 1. The summed E-state index contributed by atoms with van der Waals surface area (Å²) in [4.78, 5) is 49.5. The van der Waals surface area contributed by atoms with Gasteiger partial charge in [0, 0.05) is 0 Å². The van der Waals surface area contributed by atoms with Crippen LogP contribution in [0, 0.1) is 6.92 Å². The summed E-state index contributed by atoms with van der Waals surface area (Å²) in [5.74, 6) is 0.992. The number of anilines is 1. The average molecular weight is 675 g/mol. The van der Waals surface area contributed by atoms with Crippen molar-refractivity contribution in [3.63, 3.8) is 0 Å². The van der Waals surface area contributed by atoms with Crippen molar-refractivity contribution < 1.29 is 19.1 Å². The molecule has 6 rings (SSSR count). The summed E-state index contributed by atoms with van der Waals surface area (Å²) in [6.07, 6.45) is 5.57. The number of aryl methyl sites for hydroxylation is 1. The van der Waals surface area contributed by atoms with Crippen LogP contribution in [0.4, 0.5) is 10.5 Å². The number of hydrogen-bond donors (Lipinski definition) is 3. The van der Waals surface area contributed by atoms with Crippen LogP contribution in [0.2, 0.25) is 0 Å². The van der Waals surface area contributed by atoms with E-state index >= 15 is 0 Å². The van der Waals surface area contributed by atoms with Crippen LogP contribution in [0.5, 0.6) is 11.6 Å². The molecule has 2 atom stereocenters. The topological polar surface area (TPSA) is 122 Å². The van der Waals surface area contributed by atoms with E-state index in [9.17, 15) is 14.4 Å². The van der Waals surface area contributed by atoms with E-state index in [0.717, 1.165) is 42.3 Å². The third-order valence-electron chi connectivity index (χ3n) is 7.52. The maximum atomic E-state index is 13.7. The Hall–Kier alpha value is -3.51. The third-order valence-corrected chi connectivity index (χ3v) is 16.0. The molecule has 0 saturated heterocycles. The van der Waals surface area contributed by atoms with Gasteiger partial charge in [0.1, 0.15) is 0 Å². The summed E-state index contributed by atoms with van der Waals surface area (Å²) < 4.78 is 7.83. The number of carbonyl (C=O) groups is 3. The fraction of sp³-hybridized carbons (Fsp3) is 0.300. The van der Waals surface area contributed by atoms with Gasteiger partial charge in [-0.15, -0.1) is 0 Å². The Kier molecular flexibility index (Phi) is 7.94. The second kappa shape index (κ2) is 11.8. The van der Waals surface area contributed by atoms with Crippen molar-refractivity contribution in [2.24, 2.45) is 0 Å². The summed E-state index contributed by atoms with van der Waals surface area (Å²) in [6, 6.07) is 15.2. The van der Waals surface area contributed by atoms with Gasteiger partial charge in [-0.3, -0.25) is 0 Å². The Bertz CT molecular complexity index is 1640. The van der Waals surface area contributed by atoms with Crippen molar-refractivity contribution in [2.75, 3.05) is 5.32 Å². The number of ether oxygens (including phenoxy) is 1. The van der Waals surface area contributed by atoms with Crippen LogP contribution < -0.4 is 27.8 Å². The summed E-state index contributed by atoms with van der Waals surface area (Å²) in [7, 11) is 0. The summed E-state index contributed by atoms with van der Waals surface area (Å²) >= 11 is -1.83.